The van der Waals surface area contributed by atoms with E-state index < -0.39 is 0 Å². The van der Waals surface area contributed by atoms with Gasteiger partial charge in [-0.15, -0.1) is 0 Å². The summed E-state index contributed by atoms with van der Waals surface area (Å²) in [6, 6.07) is 8.38. The van der Waals surface area contributed by atoms with Gasteiger partial charge in [0.05, 0.1) is 0 Å². The van der Waals surface area contributed by atoms with E-state index in [0.29, 0.717) is 0 Å². The van der Waals surface area contributed by atoms with Crippen molar-refractivity contribution in [3.05, 3.63) is 36.0 Å². The van der Waals surface area contributed by atoms with Crippen LogP contribution in [0.5, 0.6) is 0 Å². The molecule has 0 aliphatic carbocycles. The Balaban J connectivity index is 1.44. The first-order valence-corrected chi connectivity index (χ1v) is 8.26. The van der Waals surface area contributed by atoms with Crippen molar-refractivity contribution in [1.82, 2.24) is 15.6 Å². The maximum absolute atomic E-state index is 11.4. The first kappa shape index (κ1) is 15.3. The van der Waals surface area contributed by atoms with E-state index in [1.165, 1.54) is 22.8 Å². The second-order valence-electron chi connectivity index (χ2n) is 6.37. The summed E-state index contributed by atoms with van der Waals surface area (Å²) >= 11 is 0. The summed E-state index contributed by atoms with van der Waals surface area (Å²) in [6.07, 6.45) is 7.31. The SMILES string of the molecule is O=CC1(CCCNCc2c[nH]c3ccccc23)CCNCC1. The number of nitrogens with one attached hydrogen (secondary N) is 3. The van der Waals surface area contributed by atoms with E-state index in [1.807, 2.05) is 6.07 Å². The van der Waals surface area contributed by atoms with Crippen LogP contribution in [0.4, 0.5) is 0 Å². The lowest BCUT2D eigenvalue weighted by Gasteiger charge is -2.32. The van der Waals surface area contributed by atoms with Gasteiger partial charge < -0.3 is 20.4 Å². The van der Waals surface area contributed by atoms with Crippen molar-refractivity contribution in [3.63, 3.8) is 0 Å². The highest BCUT2D eigenvalue weighted by atomic mass is 16.1. The zero-order valence-corrected chi connectivity index (χ0v) is 13.0. The summed E-state index contributed by atoms with van der Waals surface area (Å²) in [4.78, 5) is 14.7. The van der Waals surface area contributed by atoms with E-state index in [0.717, 1.165) is 51.9 Å². The summed E-state index contributed by atoms with van der Waals surface area (Å²) in [7, 11) is 0. The third-order valence-electron chi connectivity index (χ3n) is 4.87. The van der Waals surface area contributed by atoms with Crippen molar-refractivity contribution in [2.75, 3.05) is 19.6 Å². The Morgan fingerprint density at radius 2 is 2.05 bits per heavy atom. The minimum absolute atomic E-state index is 0.0757. The quantitative estimate of drug-likeness (QED) is 0.544. The maximum atomic E-state index is 11.4. The number of fused-ring (bicyclic) bond motifs is 1. The fourth-order valence-corrected chi connectivity index (χ4v) is 3.42. The highest BCUT2D eigenvalue weighted by Gasteiger charge is 2.30. The van der Waals surface area contributed by atoms with Crippen LogP contribution in [0.2, 0.25) is 0 Å². The van der Waals surface area contributed by atoms with Gasteiger partial charge in [-0.2, -0.15) is 0 Å². The van der Waals surface area contributed by atoms with E-state index >= 15 is 0 Å². The molecule has 1 aliphatic heterocycles. The predicted octanol–water partition coefficient (Wildman–Crippen LogP) is 2.61. The van der Waals surface area contributed by atoms with Gasteiger partial charge in [0.25, 0.3) is 0 Å². The van der Waals surface area contributed by atoms with Gasteiger partial charge in [0.15, 0.2) is 0 Å². The Morgan fingerprint density at radius 1 is 1.23 bits per heavy atom. The van der Waals surface area contributed by atoms with Crippen LogP contribution in [-0.2, 0) is 11.3 Å². The fraction of sp³-hybridized carbons (Fsp3) is 0.500. The highest BCUT2D eigenvalue weighted by molar-refractivity contribution is 5.82. The van der Waals surface area contributed by atoms with Crippen LogP contribution >= 0.6 is 0 Å². The van der Waals surface area contributed by atoms with Gasteiger partial charge in [-0.3, -0.25) is 0 Å². The molecule has 0 bridgehead atoms. The number of benzene rings is 1. The molecule has 1 aliphatic rings. The topological polar surface area (TPSA) is 56.9 Å². The van der Waals surface area contributed by atoms with Gasteiger partial charge in [-0.05, 0) is 56.9 Å². The van der Waals surface area contributed by atoms with Crippen molar-refractivity contribution in [1.29, 1.82) is 0 Å². The van der Waals surface area contributed by atoms with E-state index in [9.17, 15) is 4.79 Å². The van der Waals surface area contributed by atoms with Crippen molar-refractivity contribution < 1.29 is 4.79 Å². The molecular formula is C18H25N3O. The van der Waals surface area contributed by atoms with Crippen molar-refractivity contribution >= 4 is 17.2 Å². The average molecular weight is 299 g/mol. The molecule has 1 saturated heterocycles. The molecule has 0 radical (unpaired) electrons. The molecule has 0 spiro atoms. The summed E-state index contributed by atoms with van der Waals surface area (Å²) in [5.41, 5.74) is 2.42. The molecule has 4 nitrogen and oxygen atoms in total. The molecule has 118 valence electrons. The van der Waals surface area contributed by atoms with E-state index in [1.54, 1.807) is 0 Å². The summed E-state index contributed by atoms with van der Waals surface area (Å²) in [6.45, 7) is 3.78. The second-order valence-corrected chi connectivity index (χ2v) is 6.37. The lowest BCUT2D eigenvalue weighted by Crippen LogP contribution is -2.38. The van der Waals surface area contributed by atoms with Crippen LogP contribution < -0.4 is 10.6 Å². The van der Waals surface area contributed by atoms with Crippen molar-refractivity contribution in [3.8, 4) is 0 Å². The Hall–Kier alpha value is -1.65. The number of para-hydroxylation sites is 1. The first-order valence-electron chi connectivity index (χ1n) is 8.26. The summed E-state index contributed by atoms with van der Waals surface area (Å²) < 4.78 is 0. The van der Waals surface area contributed by atoms with Gasteiger partial charge in [-0.1, -0.05) is 18.2 Å². The number of hydrogen-bond acceptors (Lipinski definition) is 3. The number of carbonyl (C=O) groups excluding carboxylic acids is 1. The molecule has 1 fully saturated rings. The Morgan fingerprint density at radius 3 is 2.86 bits per heavy atom. The Bertz CT molecular complexity index is 614. The monoisotopic (exact) mass is 299 g/mol. The first-order chi connectivity index (χ1) is 10.8. The van der Waals surface area contributed by atoms with Gasteiger partial charge in [0.2, 0.25) is 0 Å². The van der Waals surface area contributed by atoms with Crippen LogP contribution in [0, 0.1) is 5.41 Å². The molecule has 2 heterocycles. The molecule has 1 aromatic heterocycles. The van der Waals surface area contributed by atoms with Crippen LogP contribution in [0.25, 0.3) is 10.9 Å². The van der Waals surface area contributed by atoms with E-state index in [-0.39, 0.29) is 5.41 Å². The zero-order chi connectivity index (χ0) is 15.3. The average Bonchev–Trinajstić information content (AvgIpc) is 2.99. The summed E-state index contributed by atoms with van der Waals surface area (Å²) in [5, 5.41) is 8.13. The molecule has 22 heavy (non-hydrogen) atoms. The largest absolute Gasteiger partial charge is 0.361 e. The Kier molecular flexibility index (Phi) is 4.90. The van der Waals surface area contributed by atoms with Gasteiger partial charge in [0, 0.05) is 29.1 Å². The van der Waals surface area contributed by atoms with Crippen LogP contribution in [-0.4, -0.2) is 30.9 Å². The van der Waals surface area contributed by atoms with E-state index in [2.05, 4.69) is 40.0 Å². The lowest BCUT2D eigenvalue weighted by atomic mass is 9.77. The number of carbonyl (C=O) groups is 1. The highest BCUT2D eigenvalue weighted by Crippen LogP contribution is 2.31. The third-order valence-corrected chi connectivity index (χ3v) is 4.87. The smallest absolute Gasteiger partial charge is 0.126 e. The number of hydrogen-bond donors (Lipinski definition) is 3. The van der Waals surface area contributed by atoms with Crippen molar-refractivity contribution in [2.45, 2.75) is 32.2 Å². The molecule has 0 saturated carbocycles. The standard InChI is InChI=1S/C18H25N3O/c22-14-18(7-10-19-11-8-18)6-3-9-20-12-15-13-21-17-5-2-1-4-16(15)17/h1-2,4-5,13-14,19-21H,3,6-12H2. The summed E-state index contributed by atoms with van der Waals surface area (Å²) in [5.74, 6) is 0. The Labute approximate surface area is 131 Å². The predicted molar refractivity (Wildman–Crippen MR) is 89.8 cm³/mol. The molecule has 2 aromatic rings. The number of aromatic nitrogens is 1. The number of rotatable bonds is 7. The molecule has 3 N–H and O–H groups in total. The number of H-pyrrole nitrogens is 1. The van der Waals surface area contributed by atoms with Gasteiger partial charge >= 0.3 is 0 Å². The normalized spacial score (nSPS) is 17.6. The number of aldehydes is 1. The molecule has 0 amide bonds. The number of aromatic amines is 1. The minimum atomic E-state index is -0.0757. The minimum Gasteiger partial charge on any atom is -0.361 e. The lowest BCUT2D eigenvalue weighted by molar-refractivity contribution is -0.118. The van der Waals surface area contributed by atoms with Gasteiger partial charge in [0.1, 0.15) is 6.29 Å². The molecular weight excluding hydrogens is 274 g/mol. The van der Waals surface area contributed by atoms with Crippen LogP contribution in [0.1, 0.15) is 31.2 Å². The van der Waals surface area contributed by atoms with Crippen molar-refractivity contribution in [2.24, 2.45) is 5.41 Å². The fourth-order valence-electron chi connectivity index (χ4n) is 3.42. The molecule has 3 rings (SSSR count). The second kappa shape index (κ2) is 7.07. The van der Waals surface area contributed by atoms with Crippen LogP contribution in [0.15, 0.2) is 30.5 Å². The maximum Gasteiger partial charge on any atom is 0.126 e. The molecule has 0 unspecified atom stereocenters. The zero-order valence-electron chi connectivity index (χ0n) is 13.0. The van der Waals surface area contributed by atoms with E-state index in [4.69, 9.17) is 0 Å². The molecule has 0 atom stereocenters. The van der Waals surface area contributed by atoms with Crippen LogP contribution in [0.3, 0.4) is 0 Å². The molecule has 1 aromatic carbocycles. The molecule has 4 heteroatoms. The third kappa shape index (κ3) is 3.39. The van der Waals surface area contributed by atoms with Gasteiger partial charge in [-0.25, -0.2) is 0 Å². The number of piperidine rings is 1.